The van der Waals surface area contributed by atoms with E-state index in [1.165, 1.54) is 11.8 Å². The summed E-state index contributed by atoms with van der Waals surface area (Å²) in [6.45, 7) is 3.80. The summed E-state index contributed by atoms with van der Waals surface area (Å²) < 4.78 is 5.76. The molecule has 0 saturated carbocycles. The summed E-state index contributed by atoms with van der Waals surface area (Å²) in [4.78, 5) is 24.0. The largest absolute Gasteiger partial charge is 0.360 e. The molecule has 2 amide bonds. The van der Waals surface area contributed by atoms with Crippen molar-refractivity contribution in [2.45, 2.75) is 25.6 Å². The second-order valence-electron chi connectivity index (χ2n) is 5.28. The standard InChI is InChI=1S/C16H17BrClN3O3S/c1-9-5-14(21-24-9)20-16(23)10(2)25-8-15(22)19-7-11-3-4-12(17)6-13(11)18/h3-6,10H,7-8H2,1-2H3,(H,19,22)(H,20,21,23). The Morgan fingerprint density at radius 3 is 2.80 bits per heavy atom. The fraction of sp³-hybridized carbons (Fsp3) is 0.312. The van der Waals surface area contributed by atoms with E-state index in [4.69, 9.17) is 16.1 Å². The number of nitrogens with one attached hydrogen (secondary N) is 2. The summed E-state index contributed by atoms with van der Waals surface area (Å²) >= 11 is 10.7. The molecule has 0 aliphatic heterocycles. The number of rotatable bonds is 7. The molecule has 0 radical (unpaired) electrons. The minimum absolute atomic E-state index is 0.166. The third-order valence-electron chi connectivity index (χ3n) is 3.20. The molecule has 25 heavy (non-hydrogen) atoms. The van der Waals surface area contributed by atoms with Crippen LogP contribution in [0.15, 0.2) is 33.3 Å². The number of hydrogen-bond donors (Lipinski definition) is 2. The molecule has 9 heteroatoms. The number of halogens is 2. The van der Waals surface area contributed by atoms with Crippen molar-refractivity contribution in [3.8, 4) is 0 Å². The van der Waals surface area contributed by atoms with Gasteiger partial charge in [0.15, 0.2) is 5.82 Å². The maximum absolute atomic E-state index is 12.0. The van der Waals surface area contributed by atoms with E-state index in [-0.39, 0.29) is 17.6 Å². The lowest BCUT2D eigenvalue weighted by molar-refractivity contribution is -0.118. The molecule has 1 aromatic heterocycles. The second-order valence-corrected chi connectivity index (χ2v) is 7.93. The molecule has 6 nitrogen and oxygen atoms in total. The zero-order valence-corrected chi connectivity index (χ0v) is 16.8. The summed E-state index contributed by atoms with van der Waals surface area (Å²) in [5.74, 6) is 0.745. The number of anilines is 1. The number of nitrogens with zero attached hydrogens (tertiary/aromatic N) is 1. The summed E-state index contributed by atoms with van der Waals surface area (Å²) in [7, 11) is 0. The van der Waals surface area contributed by atoms with E-state index in [9.17, 15) is 9.59 Å². The fourth-order valence-electron chi connectivity index (χ4n) is 1.84. The molecule has 0 fully saturated rings. The summed E-state index contributed by atoms with van der Waals surface area (Å²) in [6, 6.07) is 7.11. The molecular weight excluding hydrogens is 430 g/mol. The van der Waals surface area contributed by atoms with Crippen molar-refractivity contribution in [3.05, 3.63) is 45.1 Å². The van der Waals surface area contributed by atoms with Crippen LogP contribution in [0.3, 0.4) is 0 Å². The zero-order valence-electron chi connectivity index (χ0n) is 13.6. The minimum Gasteiger partial charge on any atom is -0.360 e. The Kier molecular flexibility index (Phi) is 7.34. The van der Waals surface area contributed by atoms with Gasteiger partial charge in [0.1, 0.15) is 5.76 Å². The number of aryl methyl sites for hydroxylation is 1. The Labute approximate surface area is 163 Å². The van der Waals surface area contributed by atoms with E-state index in [0.29, 0.717) is 23.1 Å². The van der Waals surface area contributed by atoms with Crippen molar-refractivity contribution in [3.63, 3.8) is 0 Å². The van der Waals surface area contributed by atoms with E-state index in [0.717, 1.165) is 10.0 Å². The van der Waals surface area contributed by atoms with Crippen LogP contribution in [-0.4, -0.2) is 28.0 Å². The lowest BCUT2D eigenvalue weighted by Gasteiger charge is -2.11. The Hall–Kier alpha value is -1.51. The van der Waals surface area contributed by atoms with Crippen molar-refractivity contribution in [1.82, 2.24) is 10.5 Å². The monoisotopic (exact) mass is 445 g/mol. The second kappa shape index (κ2) is 9.26. The predicted octanol–water partition coefficient (Wildman–Crippen LogP) is 3.78. The minimum atomic E-state index is -0.404. The molecule has 0 aliphatic carbocycles. The van der Waals surface area contributed by atoms with E-state index < -0.39 is 5.25 Å². The third kappa shape index (κ3) is 6.37. The van der Waals surface area contributed by atoms with Crippen LogP contribution in [0.4, 0.5) is 5.82 Å². The van der Waals surface area contributed by atoms with Crippen LogP contribution in [0, 0.1) is 6.92 Å². The van der Waals surface area contributed by atoms with Gasteiger partial charge in [-0.25, -0.2) is 0 Å². The van der Waals surface area contributed by atoms with E-state index >= 15 is 0 Å². The fourth-order valence-corrected chi connectivity index (χ4v) is 3.29. The lowest BCUT2D eigenvalue weighted by Crippen LogP contribution is -2.28. The van der Waals surface area contributed by atoms with Crippen molar-refractivity contribution < 1.29 is 14.1 Å². The van der Waals surface area contributed by atoms with E-state index in [1.807, 2.05) is 12.1 Å². The van der Waals surface area contributed by atoms with Crippen LogP contribution in [0.5, 0.6) is 0 Å². The molecular formula is C16H17BrClN3O3S. The van der Waals surface area contributed by atoms with Crippen LogP contribution < -0.4 is 10.6 Å². The molecule has 0 saturated heterocycles. The number of benzene rings is 1. The van der Waals surface area contributed by atoms with Crippen molar-refractivity contribution in [2.75, 3.05) is 11.1 Å². The van der Waals surface area contributed by atoms with E-state index in [1.54, 1.807) is 26.0 Å². The molecule has 1 heterocycles. The normalized spacial score (nSPS) is 11.8. The van der Waals surface area contributed by atoms with Gasteiger partial charge in [-0.15, -0.1) is 11.8 Å². The van der Waals surface area contributed by atoms with Crippen molar-refractivity contribution in [1.29, 1.82) is 0 Å². The SMILES string of the molecule is Cc1cc(NC(=O)C(C)SCC(=O)NCc2ccc(Br)cc2Cl)no1. The maximum Gasteiger partial charge on any atom is 0.238 e. The molecule has 0 bridgehead atoms. The first-order chi connectivity index (χ1) is 11.8. The first-order valence-electron chi connectivity index (χ1n) is 7.41. The van der Waals surface area contributed by atoms with Gasteiger partial charge in [-0.2, -0.15) is 0 Å². The highest BCUT2D eigenvalue weighted by atomic mass is 79.9. The first kappa shape index (κ1) is 19.8. The number of carbonyl (C=O) groups is 2. The molecule has 1 aromatic carbocycles. The summed E-state index contributed by atoms with van der Waals surface area (Å²) in [5.41, 5.74) is 0.829. The summed E-state index contributed by atoms with van der Waals surface area (Å²) in [6.07, 6.45) is 0. The highest BCUT2D eigenvalue weighted by Gasteiger charge is 2.16. The predicted molar refractivity (Wildman–Crippen MR) is 103 cm³/mol. The topological polar surface area (TPSA) is 84.2 Å². The van der Waals surface area contributed by atoms with Crippen LogP contribution in [0.2, 0.25) is 5.02 Å². The van der Waals surface area contributed by atoms with Crippen LogP contribution in [0.1, 0.15) is 18.2 Å². The van der Waals surface area contributed by atoms with Crippen LogP contribution >= 0.6 is 39.3 Å². The molecule has 2 rings (SSSR count). The molecule has 0 spiro atoms. The lowest BCUT2D eigenvalue weighted by atomic mass is 10.2. The molecule has 0 aliphatic rings. The zero-order chi connectivity index (χ0) is 18.4. The van der Waals surface area contributed by atoms with Gasteiger partial charge in [0, 0.05) is 22.1 Å². The van der Waals surface area contributed by atoms with Gasteiger partial charge in [0.05, 0.1) is 11.0 Å². The van der Waals surface area contributed by atoms with Gasteiger partial charge in [-0.3, -0.25) is 9.59 Å². The third-order valence-corrected chi connectivity index (χ3v) is 5.19. The van der Waals surface area contributed by atoms with Crippen molar-refractivity contribution >= 4 is 56.9 Å². The smallest absolute Gasteiger partial charge is 0.238 e. The average Bonchev–Trinajstić information content (AvgIpc) is 2.96. The van der Waals surface area contributed by atoms with Crippen LogP contribution in [0.25, 0.3) is 0 Å². The van der Waals surface area contributed by atoms with Crippen molar-refractivity contribution in [2.24, 2.45) is 0 Å². The number of thioether (sulfide) groups is 1. The molecule has 1 unspecified atom stereocenters. The van der Waals surface area contributed by atoms with Gasteiger partial charge in [0.2, 0.25) is 11.8 Å². The van der Waals surface area contributed by atoms with Gasteiger partial charge in [0.25, 0.3) is 0 Å². The Morgan fingerprint density at radius 2 is 2.16 bits per heavy atom. The van der Waals surface area contributed by atoms with E-state index in [2.05, 4.69) is 31.7 Å². The van der Waals surface area contributed by atoms with Gasteiger partial charge in [-0.05, 0) is 31.5 Å². The van der Waals surface area contributed by atoms with Crippen LogP contribution in [-0.2, 0) is 16.1 Å². The average molecular weight is 447 g/mol. The Bertz CT molecular complexity index is 769. The highest BCUT2D eigenvalue weighted by molar-refractivity contribution is 9.10. The quantitative estimate of drug-likeness (QED) is 0.676. The summed E-state index contributed by atoms with van der Waals surface area (Å²) in [5, 5.41) is 9.30. The molecule has 134 valence electrons. The number of carbonyl (C=O) groups excluding carboxylic acids is 2. The Balaban J connectivity index is 1.74. The molecule has 1 atom stereocenters. The number of hydrogen-bond acceptors (Lipinski definition) is 5. The Morgan fingerprint density at radius 1 is 1.40 bits per heavy atom. The van der Waals surface area contributed by atoms with Gasteiger partial charge >= 0.3 is 0 Å². The van der Waals surface area contributed by atoms with Gasteiger partial charge in [-0.1, -0.05) is 38.8 Å². The first-order valence-corrected chi connectivity index (χ1v) is 9.63. The highest BCUT2D eigenvalue weighted by Crippen LogP contribution is 2.21. The molecule has 2 aromatic rings. The molecule has 2 N–H and O–H groups in total. The maximum atomic E-state index is 12.0. The number of aromatic nitrogens is 1. The number of amides is 2. The van der Waals surface area contributed by atoms with Gasteiger partial charge < -0.3 is 15.2 Å².